The highest BCUT2D eigenvalue weighted by Crippen LogP contribution is 2.26. The summed E-state index contributed by atoms with van der Waals surface area (Å²) in [6, 6.07) is 0. The van der Waals surface area contributed by atoms with Crippen molar-refractivity contribution in [2.24, 2.45) is 0 Å². The summed E-state index contributed by atoms with van der Waals surface area (Å²) < 4.78 is 6.97. The number of ether oxygens (including phenoxy) is 1. The second-order valence-corrected chi connectivity index (χ2v) is 4.20. The van der Waals surface area contributed by atoms with Gasteiger partial charge >= 0.3 is 0 Å². The molecule has 4 N–H and O–H groups in total. The van der Waals surface area contributed by atoms with E-state index in [1.807, 2.05) is 0 Å². The van der Waals surface area contributed by atoms with Gasteiger partial charge in [0.05, 0.1) is 0 Å². The average Bonchev–Trinajstić information content (AvgIpc) is 2.71. The lowest BCUT2D eigenvalue weighted by Crippen LogP contribution is -2.18. The highest BCUT2D eigenvalue weighted by Gasteiger charge is 2.25. The molecule has 0 saturated carbocycles. The summed E-state index contributed by atoms with van der Waals surface area (Å²) in [4.78, 5) is 13.5. The van der Waals surface area contributed by atoms with Crippen LogP contribution in [0.15, 0.2) is 11.0 Å². The Hall–Kier alpha value is -0.770. The second-order valence-electron chi connectivity index (χ2n) is 3.41. The molecule has 1 aromatic heterocycles. The number of aliphatic hydroxyl groups excluding tert-OH is 2. The van der Waals surface area contributed by atoms with Gasteiger partial charge in [0.25, 0.3) is 5.56 Å². The first kappa shape index (κ1) is 15.3. The smallest absolute Gasteiger partial charge is 0.270 e. The SMILES string of the molecule is O=c1[nH]c(=S)n(C2CC[C@@H](O)O2)cc1Cl.OCO. The van der Waals surface area contributed by atoms with Gasteiger partial charge in [-0.1, -0.05) is 11.6 Å². The molecule has 7 nitrogen and oxygen atoms in total. The first-order valence-electron chi connectivity index (χ1n) is 5.05. The molecule has 1 saturated heterocycles. The summed E-state index contributed by atoms with van der Waals surface area (Å²) in [5.41, 5.74) is -0.420. The molecule has 102 valence electrons. The molecule has 0 aromatic carbocycles. The maximum absolute atomic E-state index is 11.1. The lowest BCUT2D eigenvalue weighted by molar-refractivity contribution is -0.113. The Bertz CT molecular complexity index is 502. The summed E-state index contributed by atoms with van der Waals surface area (Å²) in [5.74, 6) is 0. The lowest BCUT2D eigenvalue weighted by atomic mass is 10.3. The predicted molar refractivity (Wildman–Crippen MR) is 65.6 cm³/mol. The van der Waals surface area contributed by atoms with Crippen molar-refractivity contribution < 1.29 is 20.1 Å². The van der Waals surface area contributed by atoms with E-state index in [1.165, 1.54) is 10.8 Å². The van der Waals surface area contributed by atoms with E-state index in [-0.39, 0.29) is 16.0 Å². The van der Waals surface area contributed by atoms with Crippen molar-refractivity contribution in [3.05, 3.63) is 26.3 Å². The van der Waals surface area contributed by atoms with Crippen LogP contribution in [0, 0.1) is 4.77 Å². The van der Waals surface area contributed by atoms with Crippen LogP contribution in [0.2, 0.25) is 5.02 Å². The summed E-state index contributed by atoms with van der Waals surface area (Å²) in [6.45, 7) is -0.750. The van der Waals surface area contributed by atoms with Gasteiger partial charge in [-0.15, -0.1) is 0 Å². The number of hydrogen-bond donors (Lipinski definition) is 4. The highest BCUT2D eigenvalue weighted by atomic mass is 35.5. The molecule has 1 unspecified atom stereocenters. The van der Waals surface area contributed by atoms with Crippen LogP contribution in [0.4, 0.5) is 0 Å². The van der Waals surface area contributed by atoms with Gasteiger partial charge in [-0.3, -0.25) is 14.3 Å². The third-order valence-electron chi connectivity index (χ3n) is 2.21. The molecule has 2 rings (SSSR count). The number of H-pyrrole nitrogens is 1. The minimum atomic E-state index is -0.775. The number of halogens is 1. The van der Waals surface area contributed by atoms with Crippen molar-refractivity contribution in [3.63, 3.8) is 0 Å². The standard InChI is InChI=1S/C8H9ClN2O3S.CH4O2/c9-4-3-11(8(15)10-7(4)13)5-1-2-6(12)14-5;2-1-3/h3,5-6,12H,1-2H2,(H,10,13,15);2-3H,1H2/t5?,6-;/m0./s1. The van der Waals surface area contributed by atoms with E-state index in [1.54, 1.807) is 0 Å². The second kappa shape index (κ2) is 6.98. The van der Waals surface area contributed by atoms with E-state index in [0.29, 0.717) is 12.8 Å². The van der Waals surface area contributed by atoms with Gasteiger partial charge in [0, 0.05) is 12.6 Å². The first-order chi connectivity index (χ1) is 8.49. The van der Waals surface area contributed by atoms with Gasteiger partial charge < -0.3 is 20.1 Å². The van der Waals surface area contributed by atoms with Crippen LogP contribution in [0.1, 0.15) is 19.1 Å². The molecule has 0 spiro atoms. The third-order valence-corrected chi connectivity index (χ3v) is 2.79. The van der Waals surface area contributed by atoms with Gasteiger partial charge in [-0.25, -0.2) is 0 Å². The van der Waals surface area contributed by atoms with Crippen LogP contribution in [0.25, 0.3) is 0 Å². The molecule has 2 atom stereocenters. The van der Waals surface area contributed by atoms with Crippen LogP contribution in [0.5, 0.6) is 0 Å². The Morgan fingerprint density at radius 3 is 2.67 bits per heavy atom. The molecule has 9 heteroatoms. The molecule has 0 amide bonds. The maximum Gasteiger partial charge on any atom is 0.270 e. The molecular formula is C9H13ClN2O5S. The summed E-state index contributed by atoms with van der Waals surface area (Å²) in [6.07, 6.45) is 1.47. The molecule has 1 aliphatic rings. The molecule has 1 aliphatic heterocycles. The number of aromatic amines is 1. The van der Waals surface area contributed by atoms with Crippen molar-refractivity contribution in [1.29, 1.82) is 0 Å². The number of rotatable bonds is 1. The van der Waals surface area contributed by atoms with Crippen molar-refractivity contribution in [2.75, 3.05) is 6.79 Å². The minimum absolute atomic E-state index is 0.0496. The minimum Gasteiger partial charge on any atom is -0.371 e. The van der Waals surface area contributed by atoms with E-state index in [4.69, 9.17) is 38.8 Å². The molecule has 0 bridgehead atoms. The van der Waals surface area contributed by atoms with Crippen LogP contribution in [0.3, 0.4) is 0 Å². The first-order valence-corrected chi connectivity index (χ1v) is 5.84. The zero-order chi connectivity index (χ0) is 13.7. The Balaban J connectivity index is 0.000000492. The fourth-order valence-corrected chi connectivity index (χ4v) is 1.90. The summed E-state index contributed by atoms with van der Waals surface area (Å²) in [5, 5.41) is 23.5. The van der Waals surface area contributed by atoms with E-state index in [2.05, 4.69) is 4.98 Å². The van der Waals surface area contributed by atoms with Crippen molar-refractivity contribution in [1.82, 2.24) is 9.55 Å². The van der Waals surface area contributed by atoms with E-state index in [9.17, 15) is 9.90 Å². The maximum atomic E-state index is 11.1. The number of hydrogen-bond acceptors (Lipinski definition) is 6. The molecule has 1 aromatic rings. The van der Waals surface area contributed by atoms with Crippen LogP contribution < -0.4 is 5.56 Å². The zero-order valence-corrected chi connectivity index (χ0v) is 10.8. The van der Waals surface area contributed by atoms with Gasteiger partial charge in [-0.05, 0) is 18.6 Å². The van der Waals surface area contributed by atoms with Crippen molar-refractivity contribution in [3.8, 4) is 0 Å². The molecule has 0 radical (unpaired) electrons. The third kappa shape index (κ3) is 3.87. The molecule has 2 heterocycles. The van der Waals surface area contributed by atoms with Crippen molar-refractivity contribution in [2.45, 2.75) is 25.4 Å². The predicted octanol–water partition coefficient (Wildman–Crippen LogP) is 0.115. The largest absolute Gasteiger partial charge is 0.371 e. The Labute approximate surface area is 112 Å². The Morgan fingerprint density at radius 2 is 2.17 bits per heavy atom. The number of aliphatic hydroxyl groups is 3. The van der Waals surface area contributed by atoms with Crippen molar-refractivity contribution >= 4 is 23.8 Å². The summed E-state index contributed by atoms with van der Waals surface area (Å²) >= 11 is 10.6. The fraction of sp³-hybridized carbons (Fsp3) is 0.556. The Kier molecular flexibility index (Phi) is 5.93. The van der Waals surface area contributed by atoms with E-state index >= 15 is 0 Å². The number of nitrogens with zero attached hydrogens (tertiary/aromatic N) is 1. The molecule has 0 aliphatic carbocycles. The lowest BCUT2D eigenvalue weighted by Gasteiger charge is -2.14. The zero-order valence-electron chi connectivity index (χ0n) is 9.24. The molecule has 18 heavy (non-hydrogen) atoms. The Morgan fingerprint density at radius 1 is 1.56 bits per heavy atom. The molecular weight excluding hydrogens is 284 g/mol. The van der Waals surface area contributed by atoms with Gasteiger partial charge in [0.15, 0.2) is 11.1 Å². The van der Waals surface area contributed by atoms with E-state index in [0.717, 1.165) is 0 Å². The van der Waals surface area contributed by atoms with Crippen LogP contribution in [-0.2, 0) is 4.74 Å². The van der Waals surface area contributed by atoms with E-state index < -0.39 is 18.6 Å². The number of nitrogens with one attached hydrogen (secondary N) is 1. The van der Waals surface area contributed by atoms with Crippen LogP contribution in [-0.4, -0.2) is 38.0 Å². The monoisotopic (exact) mass is 296 g/mol. The normalized spacial score (nSPS) is 22.4. The van der Waals surface area contributed by atoms with Gasteiger partial charge in [-0.2, -0.15) is 0 Å². The van der Waals surface area contributed by atoms with Gasteiger partial charge in [0.2, 0.25) is 0 Å². The van der Waals surface area contributed by atoms with Gasteiger partial charge in [0.1, 0.15) is 18.0 Å². The average molecular weight is 297 g/mol. The number of aromatic nitrogens is 2. The topological polar surface area (TPSA) is 108 Å². The summed E-state index contributed by atoms with van der Waals surface area (Å²) in [7, 11) is 0. The quantitative estimate of drug-likeness (QED) is 0.433. The van der Waals surface area contributed by atoms with Crippen LogP contribution >= 0.6 is 23.8 Å². The molecule has 1 fully saturated rings. The fourth-order valence-electron chi connectivity index (χ4n) is 1.48. The highest BCUT2D eigenvalue weighted by molar-refractivity contribution is 7.71.